The van der Waals surface area contributed by atoms with Crippen LogP contribution in [0.2, 0.25) is 5.02 Å². The van der Waals surface area contributed by atoms with Crippen molar-refractivity contribution >= 4 is 11.6 Å². The Morgan fingerprint density at radius 3 is 2.89 bits per heavy atom. The van der Waals surface area contributed by atoms with Crippen LogP contribution in [0.3, 0.4) is 0 Å². The Hall–Kier alpha value is -1.72. The fraction of sp³-hybridized carbons (Fsp3) is 0.167. The predicted octanol–water partition coefficient (Wildman–Crippen LogP) is 2.86. The minimum Gasteiger partial charge on any atom is -0.421 e. The van der Waals surface area contributed by atoms with Crippen LogP contribution < -0.4 is 4.74 Å². The van der Waals surface area contributed by atoms with Crippen molar-refractivity contribution in [3.63, 3.8) is 0 Å². The highest BCUT2D eigenvalue weighted by molar-refractivity contribution is 6.30. The Kier molecular flexibility index (Phi) is 3.74. The average molecular weight is 269 g/mol. The molecule has 18 heavy (non-hydrogen) atoms. The van der Waals surface area contributed by atoms with Gasteiger partial charge in [0, 0.05) is 11.8 Å². The summed E-state index contributed by atoms with van der Waals surface area (Å²) in [6.07, 6.45) is 1.43. The SMILES string of the molecule is Cc1nc(Oc2cccc(Cl)c2F)ncc1CO. The van der Waals surface area contributed by atoms with E-state index in [9.17, 15) is 4.39 Å². The number of hydrogen-bond donors (Lipinski definition) is 1. The van der Waals surface area contributed by atoms with Crippen molar-refractivity contribution in [3.05, 3.63) is 46.5 Å². The van der Waals surface area contributed by atoms with E-state index in [0.717, 1.165) is 0 Å². The first-order chi connectivity index (χ1) is 8.61. The van der Waals surface area contributed by atoms with E-state index in [-0.39, 0.29) is 23.4 Å². The van der Waals surface area contributed by atoms with Gasteiger partial charge in [0.1, 0.15) is 0 Å². The van der Waals surface area contributed by atoms with Crippen LogP contribution in [0.4, 0.5) is 4.39 Å². The lowest BCUT2D eigenvalue weighted by atomic mass is 10.3. The normalized spacial score (nSPS) is 10.4. The Morgan fingerprint density at radius 2 is 2.22 bits per heavy atom. The lowest BCUT2D eigenvalue weighted by Gasteiger charge is -2.07. The Bertz CT molecular complexity index is 578. The number of ether oxygens (including phenoxy) is 1. The van der Waals surface area contributed by atoms with Crippen molar-refractivity contribution < 1.29 is 14.2 Å². The van der Waals surface area contributed by atoms with Gasteiger partial charge in [0.15, 0.2) is 11.6 Å². The molecule has 0 aliphatic rings. The molecule has 0 spiro atoms. The van der Waals surface area contributed by atoms with Gasteiger partial charge in [-0.15, -0.1) is 0 Å². The third-order valence-corrected chi connectivity index (χ3v) is 2.64. The molecule has 6 heteroatoms. The fourth-order valence-corrected chi connectivity index (χ4v) is 1.50. The molecule has 1 aromatic heterocycles. The summed E-state index contributed by atoms with van der Waals surface area (Å²) in [4.78, 5) is 7.88. The minimum absolute atomic E-state index is 0.00543. The van der Waals surface area contributed by atoms with E-state index >= 15 is 0 Å². The van der Waals surface area contributed by atoms with E-state index in [1.807, 2.05) is 0 Å². The molecule has 1 N–H and O–H groups in total. The van der Waals surface area contributed by atoms with Gasteiger partial charge in [-0.3, -0.25) is 0 Å². The highest BCUT2D eigenvalue weighted by Gasteiger charge is 2.10. The quantitative estimate of drug-likeness (QED) is 0.930. The number of halogens is 2. The molecule has 0 fully saturated rings. The maximum atomic E-state index is 13.6. The molecule has 4 nitrogen and oxygen atoms in total. The lowest BCUT2D eigenvalue weighted by Crippen LogP contribution is -1.99. The molecular formula is C12H10ClFN2O2. The summed E-state index contributed by atoms with van der Waals surface area (Å²) < 4.78 is 18.8. The summed E-state index contributed by atoms with van der Waals surface area (Å²) in [5.74, 6) is -0.703. The molecule has 0 saturated carbocycles. The number of aryl methyl sites for hydroxylation is 1. The third-order valence-electron chi connectivity index (χ3n) is 2.35. The summed E-state index contributed by atoms with van der Waals surface area (Å²) >= 11 is 5.63. The summed E-state index contributed by atoms with van der Waals surface area (Å²) in [5.41, 5.74) is 1.17. The van der Waals surface area contributed by atoms with Crippen LogP contribution in [0.15, 0.2) is 24.4 Å². The van der Waals surface area contributed by atoms with E-state index < -0.39 is 5.82 Å². The van der Waals surface area contributed by atoms with Gasteiger partial charge >= 0.3 is 6.01 Å². The first-order valence-corrected chi connectivity index (χ1v) is 5.55. The Morgan fingerprint density at radius 1 is 1.44 bits per heavy atom. The molecular weight excluding hydrogens is 259 g/mol. The van der Waals surface area contributed by atoms with Crippen molar-refractivity contribution in [2.45, 2.75) is 13.5 Å². The standard InChI is InChI=1S/C12H10ClFN2O2/c1-7-8(6-17)5-15-12(16-7)18-10-4-2-3-9(13)11(10)14/h2-5,17H,6H2,1H3. The molecule has 0 radical (unpaired) electrons. The molecule has 1 aromatic carbocycles. The average Bonchev–Trinajstić information content (AvgIpc) is 2.35. The zero-order valence-electron chi connectivity index (χ0n) is 9.52. The monoisotopic (exact) mass is 268 g/mol. The number of rotatable bonds is 3. The lowest BCUT2D eigenvalue weighted by molar-refractivity contribution is 0.279. The molecule has 2 aromatic rings. The van der Waals surface area contributed by atoms with E-state index in [1.165, 1.54) is 18.3 Å². The number of aliphatic hydroxyl groups excluding tert-OH is 1. The van der Waals surface area contributed by atoms with E-state index in [2.05, 4.69) is 9.97 Å². The third kappa shape index (κ3) is 2.57. The van der Waals surface area contributed by atoms with Crippen LogP contribution >= 0.6 is 11.6 Å². The second-order valence-electron chi connectivity index (χ2n) is 3.58. The Labute approximate surface area is 108 Å². The number of benzene rings is 1. The van der Waals surface area contributed by atoms with Crippen LogP contribution in [0.5, 0.6) is 11.8 Å². The summed E-state index contributed by atoms with van der Waals surface area (Å²) in [5, 5.41) is 8.95. The van der Waals surface area contributed by atoms with Gasteiger partial charge in [-0.1, -0.05) is 17.7 Å². The van der Waals surface area contributed by atoms with E-state index in [4.69, 9.17) is 21.4 Å². The van der Waals surface area contributed by atoms with Crippen molar-refractivity contribution in [1.29, 1.82) is 0 Å². The topological polar surface area (TPSA) is 55.2 Å². The highest BCUT2D eigenvalue weighted by atomic mass is 35.5. The van der Waals surface area contributed by atoms with Crippen LogP contribution in [0.1, 0.15) is 11.3 Å². The van der Waals surface area contributed by atoms with Crippen molar-refractivity contribution in [1.82, 2.24) is 9.97 Å². The Balaban J connectivity index is 2.29. The van der Waals surface area contributed by atoms with Gasteiger partial charge < -0.3 is 9.84 Å². The summed E-state index contributed by atoms with van der Waals surface area (Å²) in [6.45, 7) is 1.55. The summed E-state index contributed by atoms with van der Waals surface area (Å²) in [6, 6.07) is 4.42. The molecule has 0 aliphatic carbocycles. The molecule has 0 amide bonds. The van der Waals surface area contributed by atoms with Gasteiger partial charge in [-0.25, -0.2) is 9.37 Å². The number of hydrogen-bond acceptors (Lipinski definition) is 4. The second-order valence-corrected chi connectivity index (χ2v) is 3.98. The van der Waals surface area contributed by atoms with Gasteiger partial charge in [0.05, 0.1) is 17.3 Å². The zero-order chi connectivity index (χ0) is 13.1. The van der Waals surface area contributed by atoms with Gasteiger partial charge in [0.25, 0.3) is 0 Å². The number of aliphatic hydroxyl groups is 1. The minimum atomic E-state index is -0.661. The number of aromatic nitrogens is 2. The van der Waals surface area contributed by atoms with Crippen LogP contribution in [0, 0.1) is 12.7 Å². The van der Waals surface area contributed by atoms with Crippen LogP contribution in [0.25, 0.3) is 0 Å². The smallest absolute Gasteiger partial charge is 0.322 e. The van der Waals surface area contributed by atoms with Crippen LogP contribution in [-0.4, -0.2) is 15.1 Å². The van der Waals surface area contributed by atoms with Crippen LogP contribution in [-0.2, 0) is 6.61 Å². The molecule has 0 bridgehead atoms. The molecule has 0 unspecified atom stereocenters. The van der Waals surface area contributed by atoms with E-state index in [0.29, 0.717) is 11.3 Å². The van der Waals surface area contributed by atoms with Crippen molar-refractivity contribution in [2.75, 3.05) is 0 Å². The predicted molar refractivity (Wildman–Crippen MR) is 64.2 cm³/mol. The maximum Gasteiger partial charge on any atom is 0.322 e. The largest absolute Gasteiger partial charge is 0.421 e. The van der Waals surface area contributed by atoms with E-state index in [1.54, 1.807) is 13.0 Å². The molecule has 94 valence electrons. The molecule has 1 heterocycles. The highest BCUT2D eigenvalue weighted by Crippen LogP contribution is 2.27. The fourth-order valence-electron chi connectivity index (χ4n) is 1.34. The second kappa shape index (κ2) is 5.29. The first kappa shape index (κ1) is 12.7. The number of nitrogens with zero attached hydrogens (tertiary/aromatic N) is 2. The van der Waals surface area contributed by atoms with Crippen molar-refractivity contribution in [3.8, 4) is 11.8 Å². The first-order valence-electron chi connectivity index (χ1n) is 5.17. The van der Waals surface area contributed by atoms with Gasteiger partial charge in [0.2, 0.25) is 0 Å². The van der Waals surface area contributed by atoms with Gasteiger partial charge in [-0.05, 0) is 19.1 Å². The molecule has 0 aliphatic heterocycles. The summed E-state index contributed by atoms with van der Waals surface area (Å²) in [7, 11) is 0. The molecule has 0 atom stereocenters. The maximum absolute atomic E-state index is 13.6. The van der Waals surface area contributed by atoms with Gasteiger partial charge in [-0.2, -0.15) is 4.98 Å². The molecule has 0 saturated heterocycles. The zero-order valence-corrected chi connectivity index (χ0v) is 10.3. The van der Waals surface area contributed by atoms with Crippen molar-refractivity contribution in [2.24, 2.45) is 0 Å². The molecule has 2 rings (SSSR count).